The fraction of sp³-hybridized carbons (Fsp3) is 0.368. The molecule has 0 aromatic carbocycles. The number of aromatic nitrogens is 2. The van der Waals surface area contributed by atoms with E-state index in [9.17, 15) is 18.0 Å². The molecule has 9 nitrogen and oxygen atoms in total. The van der Waals surface area contributed by atoms with Crippen LogP contribution in [0.3, 0.4) is 0 Å². The van der Waals surface area contributed by atoms with Gasteiger partial charge in [-0.3, -0.25) is 4.79 Å². The number of carbonyl (C=O) groups excluding carboxylic acids is 2. The topological polar surface area (TPSA) is 128 Å². The molecule has 32 heavy (non-hydrogen) atoms. The highest BCUT2D eigenvalue weighted by Gasteiger charge is 2.31. The van der Waals surface area contributed by atoms with E-state index in [0.29, 0.717) is 27.1 Å². The Balaban J connectivity index is 1.54. The van der Waals surface area contributed by atoms with Crippen LogP contribution in [-0.4, -0.2) is 43.4 Å². The first kappa shape index (κ1) is 22.9. The molecule has 0 saturated carbocycles. The van der Waals surface area contributed by atoms with Gasteiger partial charge in [0.1, 0.15) is 10.8 Å². The lowest BCUT2D eigenvalue weighted by atomic mass is 9.88. The summed E-state index contributed by atoms with van der Waals surface area (Å²) in [5, 5.41) is 9.46. The fourth-order valence-electron chi connectivity index (χ4n) is 3.42. The van der Waals surface area contributed by atoms with Gasteiger partial charge in [0.2, 0.25) is 15.7 Å². The lowest BCUT2D eigenvalue weighted by Crippen LogP contribution is -2.24. The van der Waals surface area contributed by atoms with E-state index in [1.807, 2.05) is 0 Å². The Morgan fingerprint density at radius 1 is 1.31 bits per heavy atom. The molecule has 0 bridgehead atoms. The Morgan fingerprint density at radius 2 is 2.09 bits per heavy atom. The number of methoxy groups -OCH3 is 1. The van der Waals surface area contributed by atoms with Gasteiger partial charge in [-0.25, -0.2) is 13.2 Å². The summed E-state index contributed by atoms with van der Waals surface area (Å²) in [7, 11) is -2.94. The van der Waals surface area contributed by atoms with Gasteiger partial charge in [0.05, 0.1) is 21.9 Å². The van der Waals surface area contributed by atoms with Crippen LogP contribution in [0.5, 0.6) is 0 Å². The number of rotatable bonds is 6. The van der Waals surface area contributed by atoms with Gasteiger partial charge in [0.15, 0.2) is 0 Å². The molecule has 3 aromatic rings. The molecule has 0 spiro atoms. The molecule has 0 saturated heterocycles. The van der Waals surface area contributed by atoms with Crippen LogP contribution in [0.4, 0.5) is 5.00 Å². The SMILES string of the molecule is COC(=O)c1c(NC(=O)CS(=O)(=O)c2nnc(-c3ccc(Cl)s3)o2)sc2c1CCC(C)C2. The zero-order valence-corrected chi connectivity index (χ0v) is 20.2. The molecule has 1 aliphatic rings. The van der Waals surface area contributed by atoms with Crippen molar-refractivity contribution in [3.63, 3.8) is 0 Å². The summed E-state index contributed by atoms with van der Waals surface area (Å²) in [4.78, 5) is 26.4. The number of sulfone groups is 1. The van der Waals surface area contributed by atoms with Gasteiger partial charge in [0.25, 0.3) is 5.89 Å². The molecule has 1 N–H and O–H groups in total. The maximum absolute atomic E-state index is 12.6. The zero-order valence-electron chi connectivity index (χ0n) is 17.0. The molecular weight excluding hydrogens is 498 g/mol. The Labute approximate surface area is 196 Å². The Hall–Kier alpha value is -2.28. The highest BCUT2D eigenvalue weighted by atomic mass is 35.5. The number of thiophene rings is 2. The standard InChI is InChI=1S/C19H18ClN3O6S3/c1-9-3-4-10-12(7-9)31-17(15(10)18(25)28-2)21-14(24)8-32(26,27)19-23-22-16(29-19)11-5-6-13(20)30-11/h5-6,9H,3-4,7-8H2,1-2H3,(H,21,24). The van der Waals surface area contributed by atoms with E-state index < -0.39 is 32.7 Å². The molecule has 0 aliphatic heterocycles. The van der Waals surface area contributed by atoms with Crippen LogP contribution >= 0.6 is 34.3 Å². The minimum Gasteiger partial charge on any atom is -0.465 e. The van der Waals surface area contributed by atoms with E-state index in [4.69, 9.17) is 20.8 Å². The summed E-state index contributed by atoms with van der Waals surface area (Å²) in [5.74, 6) is -1.85. The van der Waals surface area contributed by atoms with Crippen molar-refractivity contribution in [2.75, 3.05) is 18.2 Å². The molecule has 170 valence electrons. The smallest absolute Gasteiger partial charge is 0.341 e. The predicted molar refractivity (Wildman–Crippen MR) is 120 cm³/mol. The Bertz CT molecular complexity index is 1290. The highest BCUT2D eigenvalue weighted by Crippen LogP contribution is 2.40. The molecule has 1 aliphatic carbocycles. The number of nitrogens with one attached hydrogen (secondary N) is 1. The molecule has 0 radical (unpaired) electrons. The first-order valence-corrected chi connectivity index (χ1v) is 13.2. The number of esters is 1. The van der Waals surface area contributed by atoms with Crippen molar-refractivity contribution in [2.45, 2.75) is 31.4 Å². The second kappa shape index (κ2) is 8.93. The average molecular weight is 516 g/mol. The van der Waals surface area contributed by atoms with Crippen LogP contribution < -0.4 is 5.32 Å². The number of nitrogens with zero attached hydrogens (tertiary/aromatic N) is 2. The highest BCUT2D eigenvalue weighted by molar-refractivity contribution is 7.91. The predicted octanol–water partition coefficient (Wildman–Crippen LogP) is 3.84. The molecule has 0 fully saturated rings. The van der Waals surface area contributed by atoms with Crippen molar-refractivity contribution in [2.24, 2.45) is 5.92 Å². The van der Waals surface area contributed by atoms with Crippen molar-refractivity contribution in [3.05, 3.63) is 32.5 Å². The van der Waals surface area contributed by atoms with E-state index in [2.05, 4.69) is 22.4 Å². The Kier molecular flexibility index (Phi) is 6.39. The van der Waals surface area contributed by atoms with Crippen molar-refractivity contribution < 1.29 is 27.2 Å². The second-order valence-electron chi connectivity index (χ2n) is 7.33. The molecule has 4 rings (SSSR count). The van der Waals surface area contributed by atoms with Crippen LogP contribution in [0.1, 0.15) is 34.1 Å². The van der Waals surface area contributed by atoms with Gasteiger partial charge in [-0.15, -0.1) is 27.8 Å². The van der Waals surface area contributed by atoms with Crippen LogP contribution in [0, 0.1) is 5.92 Å². The summed E-state index contributed by atoms with van der Waals surface area (Å²) in [6.07, 6.45) is 2.41. The van der Waals surface area contributed by atoms with E-state index in [1.165, 1.54) is 18.4 Å². The van der Waals surface area contributed by atoms with Crippen molar-refractivity contribution in [1.82, 2.24) is 10.2 Å². The number of ether oxygens (including phenoxy) is 1. The van der Waals surface area contributed by atoms with E-state index >= 15 is 0 Å². The van der Waals surface area contributed by atoms with Crippen molar-refractivity contribution in [1.29, 1.82) is 0 Å². The largest absolute Gasteiger partial charge is 0.465 e. The maximum atomic E-state index is 12.6. The summed E-state index contributed by atoms with van der Waals surface area (Å²) < 4.78 is 35.9. The molecule has 13 heteroatoms. The van der Waals surface area contributed by atoms with Crippen LogP contribution in [0.2, 0.25) is 4.34 Å². The van der Waals surface area contributed by atoms with Gasteiger partial charge in [-0.2, -0.15) is 0 Å². The number of hydrogen-bond donors (Lipinski definition) is 1. The summed E-state index contributed by atoms with van der Waals surface area (Å²) in [5.41, 5.74) is 1.15. The molecule has 1 unspecified atom stereocenters. The number of amides is 1. The third-order valence-corrected chi connectivity index (χ3v) is 8.66. The van der Waals surface area contributed by atoms with E-state index in [-0.39, 0.29) is 10.9 Å². The van der Waals surface area contributed by atoms with Crippen molar-refractivity contribution >= 4 is 61.0 Å². The Morgan fingerprint density at radius 3 is 2.78 bits per heavy atom. The molecule has 3 heterocycles. The first-order chi connectivity index (χ1) is 15.2. The number of fused-ring (bicyclic) bond motifs is 1. The number of halogens is 1. The summed E-state index contributed by atoms with van der Waals surface area (Å²) in [6.45, 7) is 2.12. The van der Waals surface area contributed by atoms with Gasteiger partial charge < -0.3 is 14.5 Å². The van der Waals surface area contributed by atoms with Gasteiger partial charge in [-0.1, -0.05) is 23.6 Å². The number of carbonyl (C=O) groups is 2. The first-order valence-electron chi connectivity index (χ1n) is 9.52. The third-order valence-electron chi connectivity index (χ3n) is 4.93. The number of anilines is 1. The van der Waals surface area contributed by atoms with Crippen molar-refractivity contribution in [3.8, 4) is 10.8 Å². The van der Waals surface area contributed by atoms with E-state index in [1.54, 1.807) is 12.1 Å². The van der Waals surface area contributed by atoms with Crippen LogP contribution in [0.25, 0.3) is 10.8 Å². The maximum Gasteiger partial charge on any atom is 0.341 e. The van der Waals surface area contributed by atoms with Gasteiger partial charge in [0, 0.05) is 4.88 Å². The second-order valence-corrected chi connectivity index (χ2v) is 12.0. The average Bonchev–Trinajstić information content (AvgIpc) is 3.44. The normalized spacial score (nSPS) is 15.9. The molecule has 3 aromatic heterocycles. The minimum atomic E-state index is -4.20. The lowest BCUT2D eigenvalue weighted by molar-refractivity contribution is -0.113. The monoisotopic (exact) mass is 515 g/mol. The summed E-state index contributed by atoms with van der Waals surface area (Å²) >= 11 is 8.30. The molecule has 1 atom stereocenters. The molecule has 1 amide bonds. The molecular formula is C19H18ClN3O6S3. The number of hydrogen-bond acceptors (Lipinski definition) is 10. The van der Waals surface area contributed by atoms with Gasteiger partial charge in [-0.05, 0) is 42.9 Å². The fourth-order valence-corrected chi connectivity index (χ4v) is 6.71. The zero-order chi connectivity index (χ0) is 23.0. The third kappa shape index (κ3) is 4.58. The van der Waals surface area contributed by atoms with E-state index in [0.717, 1.165) is 34.6 Å². The summed E-state index contributed by atoms with van der Waals surface area (Å²) in [6, 6.07) is 3.24. The quantitative estimate of drug-likeness (QED) is 0.490. The minimum absolute atomic E-state index is 0.00564. The van der Waals surface area contributed by atoms with Gasteiger partial charge >= 0.3 is 11.2 Å². The van der Waals surface area contributed by atoms with Crippen LogP contribution in [-0.2, 0) is 32.2 Å². The lowest BCUT2D eigenvalue weighted by Gasteiger charge is -2.18. The van der Waals surface area contributed by atoms with Crippen LogP contribution in [0.15, 0.2) is 21.8 Å².